The number of unbranched alkanes of at least 4 members (excludes halogenated alkanes) is 1. The van der Waals surface area contributed by atoms with E-state index in [4.69, 9.17) is 4.74 Å². The minimum atomic E-state index is -0.400. The van der Waals surface area contributed by atoms with E-state index in [2.05, 4.69) is 35.6 Å². The molecular formula is C34H35NO3. The van der Waals surface area contributed by atoms with Crippen molar-refractivity contribution in [3.63, 3.8) is 0 Å². The number of alkyl carbamates (subject to hydrolysis) is 1. The Morgan fingerprint density at radius 3 is 1.82 bits per heavy atom. The van der Waals surface area contributed by atoms with E-state index in [0.717, 1.165) is 59.1 Å². The summed E-state index contributed by atoms with van der Waals surface area (Å²) in [6.07, 6.45) is 3.32. The fraction of sp³-hybridized carbons (Fsp3) is 0.235. The van der Waals surface area contributed by atoms with Crippen molar-refractivity contribution in [3.8, 4) is 22.3 Å². The molecule has 0 aliphatic carbocycles. The van der Waals surface area contributed by atoms with Gasteiger partial charge in [0.15, 0.2) is 5.78 Å². The Morgan fingerprint density at radius 2 is 1.26 bits per heavy atom. The van der Waals surface area contributed by atoms with Gasteiger partial charge in [-0.05, 0) is 65.3 Å². The van der Waals surface area contributed by atoms with E-state index < -0.39 is 6.09 Å². The molecule has 0 saturated carbocycles. The van der Waals surface area contributed by atoms with E-state index in [0.29, 0.717) is 6.42 Å². The Balaban J connectivity index is 1.32. The van der Waals surface area contributed by atoms with Gasteiger partial charge in [-0.2, -0.15) is 0 Å². The number of hydrogen-bond donors (Lipinski definition) is 1. The summed E-state index contributed by atoms with van der Waals surface area (Å²) in [5, 5.41) is 2.96. The number of carbonyl (C=O) groups is 2. The van der Waals surface area contributed by atoms with Gasteiger partial charge in [0.1, 0.15) is 6.61 Å². The average molecular weight is 506 g/mol. The SMILES string of the molecule is CC[C@H](CCCCC(=O)c1cc(-c2ccccc2)cc(-c2ccccc2)c1)NC(=O)OCc1ccccc1. The maximum absolute atomic E-state index is 13.2. The van der Waals surface area contributed by atoms with Crippen LogP contribution in [-0.4, -0.2) is 17.9 Å². The van der Waals surface area contributed by atoms with E-state index >= 15 is 0 Å². The van der Waals surface area contributed by atoms with Crippen LogP contribution in [0.15, 0.2) is 109 Å². The lowest BCUT2D eigenvalue weighted by Gasteiger charge is -2.17. The van der Waals surface area contributed by atoms with E-state index in [1.165, 1.54) is 0 Å². The number of ether oxygens (including phenoxy) is 1. The van der Waals surface area contributed by atoms with Crippen molar-refractivity contribution in [2.45, 2.75) is 51.7 Å². The molecule has 1 amide bonds. The average Bonchev–Trinajstić information content (AvgIpc) is 2.98. The number of Topliss-reactive ketones (excluding diaryl/α,β-unsaturated/α-hetero) is 1. The smallest absolute Gasteiger partial charge is 0.407 e. The van der Waals surface area contributed by atoms with Crippen molar-refractivity contribution in [2.24, 2.45) is 0 Å². The summed E-state index contributed by atoms with van der Waals surface area (Å²) in [5.74, 6) is 0.142. The minimum Gasteiger partial charge on any atom is -0.445 e. The highest BCUT2D eigenvalue weighted by molar-refractivity contribution is 5.98. The van der Waals surface area contributed by atoms with Crippen LogP contribution in [0.5, 0.6) is 0 Å². The normalized spacial score (nSPS) is 11.5. The zero-order valence-electron chi connectivity index (χ0n) is 21.9. The number of benzene rings is 4. The van der Waals surface area contributed by atoms with Gasteiger partial charge in [-0.15, -0.1) is 0 Å². The van der Waals surface area contributed by atoms with Gasteiger partial charge in [0, 0.05) is 18.0 Å². The fourth-order valence-corrected chi connectivity index (χ4v) is 4.51. The van der Waals surface area contributed by atoms with Crippen molar-refractivity contribution in [2.75, 3.05) is 0 Å². The highest BCUT2D eigenvalue weighted by Gasteiger charge is 2.14. The van der Waals surface area contributed by atoms with E-state index in [1.807, 2.05) is 85.8 Å². The number of nitrogens with one attached hydrogen (secondary N) is 1. The third kappa shape index (κ3) is 7.91. The molecule has 0 unspecified atom stereocenters. The maximum Gasteiger partial charge on any atom is 0.407 e. The number of ketones is 1. The van der Waals surface area contributed by atoms with Gasteiger partial charge in [0.05, 0.1) is 0 Å². The first kappa shape index (κ1) is 26.9. The standard InChI is InChI=1S/C34H35NO3/c1-2-32(35-34(37)38-25-26-14-6-3-7-15-26)20-12-13-21-33(36)31-23-29(27-16-8-4-9-17-27)22-30(24-31)28-18-10-5-11-19-28/h3-11,14-19,22-24,32H,2,12-13,20-21,25H2,1H3,(H,35,37)/t32-/m1/s1. The molecule has 0 aromatic heterocycles. The Labute approximate surface area is 225 Å². The number of hydrogen-bond acceptors (Lipinski definition) is 3. The van der Waals surface area contributed by atoms with Crippen molar-refractivity contribution in [3.05, 3.63) is 120 Å². The third-order valence-electron chi connectivity index (χ3n) is 6.70. The van der Waals surface area contributed by atoms with Crippen LogP contribution in [0.4, 0.5) is 4.79 Å². The van der Waals surface area contributed by atoms with Crippen LogP contribution in [-0.2, 0) is 11.3 Å². The van der Waals surface area contributed by atoms with Gasteiger partial charge in [-0.3, -0.25) is 4.79 Å². The molecule has 0 saturated heterocycles. The van der Waals surface area contributed by atoms with Crippen molar-refractivity contribution >= 4 is 11.9 Å². The summed E-state index contributed by atoms with van der Waals surface area (Å²) in [6.45, 7) is 2.30. The molecule has 4 rings (SSSR count). The van der Waals surface area contributed by atoms with Crippen molar-refractivity contribution in [1.29, 1.82) is 0 Å². The van der Waals surface area contributed by atoms with Gasteiger partial charge in [-0.25, -0.2) is 4.79 Å². The van der Waals surface area contributed by atoms with Gasteiger partial charge >= 0.3 is 6.09 Å². The van der Waals surface area contributed by atoms with Crippen LogP contribution in [0.2, 0.25) is 0 Å². The molecule has 1 atom stereocenters. The zero-order valence-corrected chi connectivity index (χ0v) is 21.9. The Hall–Kier alpha value is -4.18. The van der Waals surface area contributed by atoms with E-state index in [9.17, 15) is 9.59 Å². The monoisotopic (exact) mass is 505 g/mol. The molecule has 0 spiro atoms. The van der Waals surface area contributed by atoms with Crippen molar-refractivity contribution < 1.29 is 14.3 Å². The minimum absolute atomic E-state index is 0.0273. The molecule has 0 aliphatic rings. The lowest BCUT2D eigenvalue weighted by molar-refractivity contribution is 0.0978. The largest absolute Gasteiger partial charge is 0.445 e. The zero-order chi connectivity index (χ0) is 26.6. The second-order valence-corrected chi connectivity index (χ2v) is 9.51. The second-order valence-electron chi connectivity index (χ2n) is 9.51. The van der Waals surface area contributed by atoms with Gasteiger partial charge in [-0.1, -0.05) is 104 Å². The Kier molecular flexibility index (Phi) is 9.86. The molecule has 0 fully saturated rings. The summed E-state index contributed by atoms with van der Waals surface area (Å²) in [5.41, 5.74) is 5.96. The number of amides is 1. The van der Waals surface area contributed by atoms with Crippen LogP contribution in [0.25, 0.3) is 22.3 Å². The molecular weight excluding hydrogens is 470 g/mol. The number of carbonyl (C=O) groups excluding carboxylic acids is 2. The molecule has 194 valence electrons. The first-order chi connectivity index (χ1) is 18.6. The molecule has 4 heteroatoms. The molecule has 38 heavy (non-hydrogen) atoms. The highest BCUT2D eigenvalue weighted by atomic mass is 16.5. The molecule has 4 nitrogen and oxygen atoms in total. The highest BCUT2D eigenvalue weighted by Crippen LogP contribution is 2.29. The summed E-state index contributed by atoms with van der Waals surface area (Å²) in [4.78, 5) is 25.5. The first-order valence-corrected chi connectivity index (χ1v) is 13.4. The number of rotatable bonds is 12. The quantitative estimate of drug-likeness (QED) is 0.155. The molecule has 1 N–H and O–H groups in total. The Bertz CT molecular complexity index is 1250. The van der Waals surface area contributed by atoms with Crippen LogP contribution < -0.4 is 5.32 Å². The topological polar surface area (TPSA) is 55.4 Å². The maximum atomic E-state index is 13.2. The van der Waals surface area contributed by atoms with Crippen LogP contribution in [0.3, 0.4) is 0 Å². The second kappa shape index (κ2) is 13.9. The first-order valence-electron chi connectivity index (χ1n) is 13.4. The molecule has 0 aliphatic heterocycles. The molecule has 0 bridgehead atoms. The molecule has 0 radical (unpaired) electrons. The third-order valence-corrected chi connectivity index (χ3v) is 6.70. The van der Waals surface area contributed by atoms with E-state index in [-0.39, 0.29) is 18.4 Å². The molecule has 0 heterocycles. The van der Waals surface area contributed by atoms with E-state index in [1.54, 1.807) is 0 Å². The fourth-order valence-electron chi connectivity index (χ4n) is 4.51. The van der Waals surface area contributed by atoms with Gasteiger partial charge in [0.25, 0.3) is 0 Å². The Morgan fingerprint density at radius 1 is 0.711 bits per heavy atom. The van der Waals surface area contributed by atoms with Crippen LogP contribution >= 0.6 is 0 Å². The lowest BCUT2D eigenvalue weighted by atomic mass is 9.93. The summed E-state index contributed by atoms with van der Waals surface area (Å²) >= 11 is 0. The van der Waals surface area contributed by atoms with Gasteiger partial charge in [0.2, 0.25) is 0 Å². The van der Waals surface area contributed by atoms with Crippen LogP contribution in [0, 0.1) is 0 Å². The van der Waals surface area contributed by atoms with Crippen molar-refractivity contribution in [1.82, 2.24) is 5.32 Å². The van der Waals surface area contributed by atoms with Crippen LogP contribution in [0.1, 0.15) is 54.9 Å². The predicted octanol–water partition coefficient (Wildman–Crippen LogP) is 8.47. The lowest BCUT2D eigenvalue weighted by Crippen LogP contribution is -2.34. The van der Waals surface area contributed by atoms with Gasteiger partial charge < -0.3 is 10.1 Å². The summed E-state index contributed by atoms with van der Waals surface area (Å²) in [6, 6.07) is 36.2. The summed E-state index contributed by atoms with van der Waals surface area (Å²) < 4.78 is 5.35. The summed E-state index contributed by atoms with van der Waals surface area (Å²) in [7, 11) is 0. The predicted molar refractivity (Wildman–Crippen MR) is 154 cm³/mol. The molecule has 4 aromatic rings. The molecule has 4 aromatic carbocycles.